The van der Waals surface area contributed by atoms with Gasteiger partial charge in [0.2, 0.25) is 0 Å². The zero-order chi connectivity index (χ0) is 18.0. The minimum absolute atomic E-state index is 0.112. The largest absolute Gasteiger partial charge is 0.334 e. The van der Waals surface area contributed by atoms with Gasteiger partial charge in [0, 0.05) is 6.07 Å². The van der Waals surface area contributed by atoms with E-state index in [-0.39, 0.29) is 29.5 Å². The summed E-state index contributed by atoms with van der Waals surface area (Å²) in [7, 11) is 0. The highest BCUT2D eigenvalue weighted by Crippen LogP contribution is 2.25. The number of pyridine rings is 1. The van der Waals surface area contributed by atoms with Crippen molar-refractivity contribution in [2.24, 2.45) is 0 Å². The molecule has 9 nitrogen and oxygen atoms in total. The predicted octanol–water partition coefficient (Wildman–Crippen LogP) is 2.38. The molecule has 0 unspecified atom stereocenters. The Morgan fingerprint density at radius 1 is 1.40 bits per heavy atom. The van der Waals surface area contributed by atoms with Crippen LogP contribution in [0.2, 0.25) is 5.02 Å². The number of hydrogen-bond acceptors (Lipinski definition) is 7. The van der Waals surface area contributed by atoms with Gasteiger partial charge < -0.3 is 4.52 Å². The fourth-order valence-corrected chi connectivity index (χ4v) is 2.35. The van der Waals surface area contributed by atoms with Crippen molar-refractivity contribution in [3.63, 3.8) is 0 Å². The van der Waals surface area contributed by atoms with Crippen LogP contribution in [-0.2, 0) is 6.54 Å². The fourth-order valence-electron chi connectivity index (χ4n) is 2.13. The third-order valence-corrected chi connectivity index (χ3v) is 3.62. The van der Waals surface area contributed by atoms with Gasteiger partial charge >= 0.3 is 0 Å². The van der Waals surface area contributed by atoms with Crippen LogP contribution in [-0.4, -0.2) is 19.6 Å². The molecule has 0 radical (unpaired) electrons. The van der Waals surface area contributed by atoms with Crippen molar-refractivity contribution < 1.29 is 9.45 Å². The van der Waals surface area contributed by atoms with Gasteiger partial charge in [-0.25, -0.2) is 0 Å². The summed E-state index contributed by atoms with van der Waals surface area (Å²) in [6.45, 7) is -0.191. The fraction of sp³-hybridized carbons (Fsp3) is 0.0667. The molecular formula is C15H8ClN5O4. The maximum atomic E-state index is 12.1. The number of hydrogen-bond donors (Lipinski definition) is 0. The Bertz CT molecular complexity index is 1070. The molecule has 0 spiro atoms. The molecule has 0 atom stereocenters. The molecule has 25 heavy (non-hydrogen) atoms. The van der Waals surface area contributed by atoms with Crippen molar-refractivity contribution in [1.29, 1.82) is 5.26 Å². The molecule has 2 aromatic heterocycles. The molecule has 1 aromatic carbocycles. The van der Waals surface area contributed by atoms with E-state index >= 15 is 0 Å². The number of benzene rings is 1. The van der Waals surface area contributed by atoms with E-state index in [0.717, 1.165) is 16.8 Å². The quantitative estimate of drug-likeness (QED) is 0.517. The van der Waals surface area contributed by atoms with Gasteiger partial charge in [-0.3, -0.25) is 19.5 Å². The van der Waals surface area contributed by atoms with Gasteiger partial charge in [-0.2, -0.15) is 10.2 Å². The topological polar surface area (TPSA) is 128 Å². The van der Waals surface area contributed by atoms with Crippen LogP contribution in [0, 0.1) is 21.4 Å². The van der Waals surface area contributed by atoms with Crippen molar-refractivity contribution in [1.82, 2.24) is 14.7 Å². The van der Waals surface area contributed by atoms with Crippen molar-refractivity contribution in [2.45, 2.75) is 6.54 Å². The second kappa shape index (κ2) is 6.54. The number of rotatable bonds is 4. The molecule has 10 heteroatoms. The van der Waals surface area contributed by atoms with Crippen LogP contribution in [0.4, 0.5) is 5.69 Å². The highest BCUT2D eigenvalue weighted by Gasteiger charge is 2.17. The molecule has 0 aliphatic rings. The molecule has 124 valence electrons. The van der Waals surface area contributed by atoms with E-state index in [1.807, 2.05) is 0 Å². The lowest BCUT2D eigenvalue weighted by Gasteiger charge is -2.02. The summed E-state index contributed by atoms with van der Waals surface area (Å²) in [6, 6.07) is 9.39. The summed E-state index contributed by atoms with van der Waals surface area (Å²) in [4.78, 5) is 26.5. The highest BCUT2D eigenvalue weighted by molar-refractivity contribution is 6.33. The van der Waals surface area contributed by atoms with Gasteiger partial charge in [-0.05, 0) is 12.1 Å². The SMILES string of the molecule is N#Cc1cc([N+](=O)[O-])cn(Cc2noc(-c3ccccc3Cl)n2)c1=O. The van der Waals surface area contributed by atoms with Crippen molar-refractivity contribution in [3.8, 4) is 17.5 Å². The molecule has 0 N–H and O–H groups in total. The summed E-state index contributed by atoms with van der Waals surface area (Å²) >= 11 is 6.05. The molecular weight excluding hydrogens is 350 g/mol. The van der Waals surface area contributed by atoms with Gasteiger partial charge in [0.15, 0.2) is 5.82 Å². The average Bonchev–Trinajstić information content (AvgIpc) is 3.05. The van der Waals surface area contributed by atoms with E-state index in [1.54, 1.807) is 30.3 Å². The average molecular weight is 358 g/mol. The van der Waals surface area contributed by atoms with Gasteiger partial charge in [0.1, 0.15) is 11.6 Å². The number of aromatic nitrogens is 3. The minimum Gasteiger partial charge on any atom is -0.334 e. The molecule has 0 saturated heterocycles. The van der Waals surface area contributed by atoms with Crippen LogP contribution in [0.1, 0.15) is 11.4 Å². The van der Waals surface area contributed by atoms with Crippen LogP contribution in [0.25, 0.3) is 11.5 Å². The van der Waals surface area contributed by atoms with Gasteiger partial charge in [-0.15, -0.1) is 0 Å². The van der Waals surface area contributed by atoms with E-state index < -0.39 is 10.5 Å². The molecule has 2 heterocycles. The Morgan fingerprint density at radius 3 is 2.84 bits per heavy atom. The van der Waals surface area contributed by atoms with E-state index in [1.165, 1.54) is 0 Å². The van der Waals surface area contributed by atoms with E-state index in [4.69, 9.17) is 21.4 Å². The first-order valence-electron chi connectivity index (χ1n) is 6.86. The second-order valence-corrected chi connectivity index (χ2v) is 5.32. The Hall–Kier alpha value is -3.51. The Kier molecular flexibility index (Phi) is 4.28. The van der Waals surface area contributed by atoms with Crippen LogP contribution in [0.3, 0.4) is 0 Å². The van der Waals surface area contributed by atoms with Crippen LogP contribution in [0.5, 0.6) is 0 Å². The van der Waals surface area contributed by atoms with Gasteiger partial charge in [0.25, 0.3) is 17.1 Å². The molecule has 3 aromatic rings. The van der Waals surface area contributed by atoms with Crippen LogP contribution >= 0.6 is 11.6 Å². The summed E-state index contributed by atoms with van der Waals surface area (Å²) in [5.74, 6) is 0.265. The summed E-state index contributed by atoms with van der Waals surface area (Å²) in [5, 5.41) is 24.0. The monoisotopic (exact) mass is 357 g/mol. The standard InChI is InChI=1S/C15H8ClN5O4/c16-12-4-2-1-3-11(12)14-18-13(19-25-14)8-20-7-10(21(23)24)5-9(6-17)15(20)22/h1-5,7H,8H2. The molecule has 0 amide bonds. The van der Waals surface area contributed by atoms with Crippen molar-refractivity contribution >= 4 is 17.3 Å². The number of nitrogens with zero attached hydrogens (tertiary/aromatic N) is 5. The van der Waals surface area contributed by atoms with Crippen LogP contribution < -0.4 is 5.56 Å². The number of nitriles is 1. The molecule has 0 bridgehead atoms. The molecule has 0 aliphatic heterocycles. The predicted molar refractivity (Wildman–Crippen MR) is 85.9 cm³/mol. The number of halogens is 1. The third-order valence-electron chi connectivity index (χ3n) is 3.29. The molecule has 0 fully saturated rings. The van der Waals surface area contributed by atoms with Gasteiger partial charge in [-0.1, -0.05) is 28.9 Å². The van der Waals surface area contributed by atoms with E-state index in [9.17, 15) is 14.9 Å². The maximum absolute atomic E-state index is 12.1. The summed E-state index contributed by atoms with van der Waals surface area (Å²) < 4.78 is 6.10. The zero-order valence-corrected chi connectivity index (χ0v) is 13.2. The Labute approximate surface area is 144 Å². The number of nitro groups is 1. The van der Waals surface area contributed by atoms with E-state index in [2.05, 4.69) is 10.1 Å². The lowest BCUT2D eigenvalue weighted by atomic mass is 10.2. The molecule has 0 saturated carbocycles. The third kappa shape index (κ3) is 3.24. The first-order valence-corrected chi connectivity index (χ1v) is 7.24. The lowest BCUT2D eigenvalue weighted by molar-refractivity contribution is -0.385. The summed E-state index contributed by atoms with van der Waals surface area (Å²) in [5.41, 5.74) is -0.890. The van der Waals surface area contributed by atoms with Gasteiger partial charge in [0.05, 0.1) is 28.3 Å². The molecule has 3 rings (SSSR count). The second-order valence-electron chi connectivity index (χ2n) is 4.91. The zero-order valence-electron chi connectivity index (χ0n) is 12.4. The minimum atomic E-state index is -0.692. The smallest absolute Gasteiger partial charge is 0.287 e. The first-order chi connectivity index (χ1) is 12.0. The van der Waals surface area contributed by atoms with Crippen molar-refractivity contribution in [3.05, 3.63) is 73.4 Å². The summed E-state index contributed by atoms with van der Waals surface area (Å²) in [6.07, 6.45) is 1.02. The highest BCUT2D eigenvalue weighted by atomic mass is 35.5. The maximum Gasteiger partial charge on any atom is 0.287 e. The molecule has 0 aliphatic carbocycles. The van der Waals surface area contributed by atoms with Crippen molar-refractivity contribution in [2.75, 3.05) is 0 Å². The first kappa shape index (κ1) is 16.4. The van der Waals surface area contributed by atoms with Crippen LogP contribution in [0.15, 0.2) is 45.8 Å². The van der Waals surface area contributed by atoms with E-state index in [0.29, 0.717) is 10.6 Å². The Balaban J connectivity index is 1.98. The Morgan fingerprint density at radius 2 is 2.16 bits per heavy atom. The normalized spacial score (nSPS) is 10.4. The lowest BCUT2D eigenvalue weighted by Crippen LogP contribution is -2.23.